The van der Waals surface area contributed by atoms with Crippen molar-refractivity contribution in [3.05, 3.63) is 59.9 Å². The van der Waals surface area contributed by atoms with E-state index in [0.29, 0.717) is 6.54 Å². The van der Waals surface area contributed by atoms with Crippen LogP contribution in [0.15, 0.2) is 53.4 Å². The highest BCUT2D eigenvalue weighted by molar-refractivity contribution is 7.89. The minimum atomic E-state index is -3.88. The lowest BCUT2D eigenvalue weighted by Crippen LogP contribution is -2.12. The van der Waals surface area contributed by atoms with Gasteiger partial charge < -0.3 is 5.32 Å². The molecule has 0 radical (unpaired) electrons. The number of rotatable bonds is 4. The van der Waals surface area contributed by atoms with Gasteiger partial charge in [-0.15, -0.1) is 0 Å². The zero-order chi connectivity index (χ0) is 13.9. The van der Waals surface area contributed by atoms with Crippen molar-refractivity contribution in [1.29, 1.82) is 0 Å². The topological polar surface area (TPSA) is 72.2 Å². The van der Waals surface area contributed by atoms with Crippen LogP contribution in [0.5, 0.6) is 0 Å². The van der Waals surface area contributed by atoms with Crippen molar-refractivity contribution in [2.75, 3.05) is 5.32 Å². The molecule has 0 saturated carbocycles. The largest absolute Gasteiger partial charge is 0.379 e. The highest BCUT2D eigenvalue weighted by atomic mass is 32.2. The molecule has 0 amide bonds. The van der Waals surface area contributed by atoms with Gasteiger partial charge in [0.1, 0.15) is 5.82 Å². The van der Waals surface area contributed by atoms with E-state index in [4.69, 9.17) is 5.14 Å². The van der Waals surface area contributed by atoms with Crippen LogP contribution in [-0.4, -0.2) is 8.42 Å². The highest BCUT2D eigenvalue weighted by Crippen LogP contribution is 2.18. The maximum Gasteiger partial charge on any atom is 0.238 e. The van der Waals surface area contributed by atoms with Gasteiger partial charge in [0.25, 0.3) is 0 Å². The van der Waals surface area contributed by atoms with Crippen LogP contribution in [-0.2, 0) is 16.6 Å². The lowest BCUT2D eigenvalue weighted by atomic mass is 10.2. The fourth-order valence-corrected chi connectivity index (χ4v) is 2.13. The third kappa shape index (κ3) is 3.52. The molecule has 0 unspecified atom stereocenters. The molecule has 0 spiro atoms. The summed E-state index contributed by atoms with van der Waals surface area (Å²) in [5.41, 5.74) is 1.23. The van der Waals surface area contributed by atoms with Gasteiger partial charge in [-0.25, -0.2) is 17.9 Å². The van der Waals surface area contributed by atoms with Crippen molar-refractivity contribution in [2.45, 2.75) is 11.4 Å². The van der Waals surface area contributed by atoms with Crippen molar-refractivity contribution in [1.82, 2.24) is 0 Å². The number of hydrogen-bond donors (Lipinski definition) is 2. The van der Waals surface area contributed by atoms with Gasteiger partial charge in [0.15, 0.2) is 0 Å². The summed E-state index contributed by atoms with van der Waals surface area (Å²) in [4.78, 5) is -0.240. The Kier molecular flexibility index (Phi) is 3.82. The van der Waals surface area contributed by atoms with Crippen LogP contribution in [0.2, 0.25) is 0 Å². The summed E-state index contributed by atoms with van der Waals surface area (Å²) in [6.45, 7) is 0.451. The lowest BCUT2D eigenvalue weighted by Gasteiger charge is -2.08. The molecular weight excluding hydrogens is 267 g/mol. The fourth-order valence-electron chi connectivity index (χ4n) is 1.61. The molecular formula is C13H13FN2O2S. The van der Waals surface area contributed by atoms with Gasteiger partial charge in [0.2, 0.25) is 10.0 Å². The Morgan fingerprint density at radius 2 is 1.79 bits per heavy atom. The Labute approximate surface area is 111 Å². The molecule has 0 saturated heterocycles. The van der Waals surface area contributed by atoms with E-state index in [1.165, 1.54) is 12.1 Å². The molecule has 0 aliphatic carbocycles. The zero-order valence-electron chi connectivity index (χ0n) is 10.0. The smallest absolute Gasteiger partial charge is 0.238 e. The predicted octanol–water partition coefficient (Wildman–Crippen LogP) is 2.09. The second kappa shape index (κ2) is 5.38. The Bertz CT molecular complexity index is 672. The molecule has 0 bridgehead atoms. The summed E-state index contributed by atoms with van der Waals surface area (Å²) in [6, 6.07) is 13.0. The average Bonchev–Trinajstić information content (AvgIpc) is 2.37. The Morgan fingerprint density at radius 1 is 1.11 bits per heavy atom. The van der Waals surface area contributed by atoms with Gasteiger partial charge in [0.05, 0.1) is 10.6 Å². The van der Waals surface area contributed by atoms with Crippen LogP contribution in [0.1, 0.15) is 5.56 Å². The van der Waals surface area contributed by atoms with Crippen LogP contribution >= 0.6 is 0 Å². The first kappa shape index (κ1) is 13.5. The van der Waals surface area contributed by atoms with Gasteiger partial charge in [-0.1, -0.05) is 30.3 Å². The maximum absolute atomic E-state index is 13.7. The highest BCUT2D eigenvalue weighted by Gasteiger charge is 2.11. The molecule has 4 nitrogen and oxygen atoms in total. The van der Waals surface area contributed by atoms with E-state index in [0.717, 1.165) is 11.6 Å². The molecule has 0 heterocycles. The van der Waals surface area contributed by atoms with Crippen molar-refractivity contribution in [3.63, 3.8) is 0 Å². The normalized spacial score (nSPS) is 11.3. The van der Waals surface area contributed by atoms with E-state index in [1.54, 1.807) is 0 Å². The Morgan fingerprint density at radius 3 is 2.37 bits per heavy atom. The van der Waals surface area contributed by atoms with Gasteiger partial charge in [-0.2, -0.15) is 0 Å². The Balaban J connectivity index is 2.14. The van der Waals surface area contributed by atoms with E-state index in [-0.39, 0.29) is 10.6 Å². The molecule has 0 aliphatic rings. The van der Waals surface area contributed by atoms with Crippen LogP contribution in [0.25, 0.3) is 0 Å². The summed E-state index contributed by atoms with van der Waals surface area (Å²) in [5.74, 6) is -0.651. The summed E-state index contributed by atoms with van der Waals surface area (Å²) in [6.07, 6.45) is 0. The standard InChI is InChI=1S/C13H13FN2O2S/c14-12-8-11(19(15,17)18)6-7-13(12)16-9-10-4-2-1-3-5-10/h1-8,16H,9H2,(H2,15,17,18). The molecule has 3 N–H and O–H groups in total. The number of hydrogen-bond acceptors (Lipinski definition) is 3. The molecule has 2 aromatic rings. The molecule has 0 aliphatic heterocycles. The third-order valence-electron chi connectivity index (χ3n) is 2.59. The summed E-state index contributed by atoms with van der Waals surface area (Å²) >= 11 is 0. The van der Waals surface area contributed by atoms with Crippen LogP contribution in [0, 0.1) is 5.82 Å². The van der Waals surface area contributed by atoms with Crippen molar-refractivity contribution in [3.8, 4) is 0 Å². The average molecular weight is 280 g/mol. The van der Waals surface area contributed by atoms with Gasteiger partial charge in [-0.3, -0.25) is 0 Å². The summed E-state index contributed by atoms with van der Waals surface area (Å²) in [7, 11) is -3.88. The van der Waals surface area contributed by atoms with E-state index < -0.39 is 15.8 Å². The molecule has 2 aromatic carbocycles. The van der Waals surface area contributed by atoms with Crippen LogP contribution < -0.4 is 10.5 Å². The van der Waals surface area contributed by atoms with E-state index in [1.807, 2.05) is 30.3 Å². The number of nitrogens with one attached hydrogen (secondary N) is 1. The van der Waals surface area contributed by atoms with E-state index in [2.05, 4.69) is 5.32 Å². The molecule has 6 heteroatoms. The van der Waals surface area contributed by atoms with Crippen molar-refractivity contribution in [2.24, 2.45) is 5.14 Å². The number of sulfonamides is 1. The fraction of sp³-hybridized carbons (Fsp3) is 0.0769. The maximum atomic E-state index is 13.7. The lowest BCUT2D eigenvalue weighted by molar-refractivity contribution is 0.593. The molecule has 0 atom stereocenters. The molecule has 2 rings (SSSR count). The number of benzene rings is 2. The van der Waals surface area contributed by atoms with Crippen molar-refractivity contribution < 1.29 is 12.8 Å². The molecule has 100 valence electrons. The monoisotopic (exact) mass is 280 g/mol. The van der Waals surface area contributed by atoms with Crippen LogP contribution in [0.3, 0.4) is 0 Å². The molecule has 0 fully saturated rings. The number of primary sulfonamides is 1. The summed E-state index contributed by atoms with van der Waals surface area (Å²) < 4.78 is 35.8. The van der Waals surface area contributed by atoms with Gasteiger partial charge >= 0.3 is 0 Å². The van der Waals surface area contributed by atoms with E-state index >= 15 is 0 Å². The number of anilines is 1. The first-order chi connectivity index (χ1) is 8.97. The minimum Gasteiger partial charge on any atom is -0.379 e. The summed E-state index contributed by atoms with van der Waals surface area (Å²) in [5, 5.41) is 7.82. The second-order valence-corrected chi connectivity index (χ2v) is 5.59. The first-order valence-corrected chi connectivity index (χ1v) is 7.11. The SMILES string of the molecule is NS(=O)(=O)c1ccc(NCc2ccccc2)c(F)c1. The molecule has 0 aromatic heterocycles. The number of halogens is 1. The van der Waals surface area contributed by atoms with E-state index in [9.17, 15) is 12.8 Å². The molecule has 19 heavy (non-hydrogen) atoms. The number of nitrogens with two attached hydrogens (primary N) is 1. The van der Waals surface area contributed by atoms with Crippen LogP contribution in [0.4, 0.5) is 10.1 Å². The third-order valence-corrected chi connectivity index (χ3v) is 3.51. The quantitative estimate of drug-likeness (QED) is 0.900. The Hall–Kier alpha value is -1.92. The predicted molar refractivity (Wildman–Crippen MR) is 71.5 cm³/mol. The first-order valence-electron chi connectivity index (χ1n) is 5.57. The van der Waals surface area contributed by atoms with Crippen molar-refractivity contribution >= 4 is 15.7 Å². The minimum absolute atomic E-state index is 0.233. The van der Waals surface area contributed by atoms with Gasteiger partial charge in [-0.05, 0) is 23.8 Å². The zero-order valence-corrected chi connectivity index (χ0v) is 10.8. The second-order valence-electron chi connectivity index (χ2n) is 4.03. The van der Waals surface area contributed by atoms with Gasteiger partial charge in [0, 0.05) is 6.54 Å².